The monoisotopic (exact) mass is 382 g/mol. The molecule has 3 heterocycles. The van der Waals surface area contributed by atoms with Gasteiger partial charge in [-0.05, 0) is 31.5 Å². The van der Waals surface area contributed by atoms with E-state index in [1.54, 1.807) is 12.4 Å². The van der Waals surface area contributed by atoms with Gasteiger partial charge in [-0.15, -0.1) is 0 Å². The SMILES string of the molecule is Cc1cc(C)nc(CCNC(=O)CC2C(=O)NCCN2Cc2cccnc2)n1. The van der Waals surface area contributed by atoms with Crippen LogP contribution in [0, 0.1) is 13.8 Å². The lowest BCUT2D eigenvalue weighted by Gasteiger charge is -2.34. The normalized spacial score (nSPS) is 17.2. The number of aromatic nitrogens is 3. The highest BCUT2D eigenvalue weighted by Gasteiger charge is 2.31. The van der Waals surface area contributed by atoms with Gasteiger partial charge in [-0.3, -0.25) is 19.5 Å². The molecule has 1 atom stereocenters. The number of rotatable bonds is 7. The Bertz CT molecular complexity index is 806. The zero-order valence-electron chi connectivity index (χ0n) is 16.3. The minimum atomic E-state index is -0.480. The lowest BCUT2D eigenvalue weighted by atomic mass is 10.1. The summed E-state index contributed by atoms with van der Waals surface area (Å²) in [6.45, 7) is 6.18. The van der Waals surface area contributed by atoms with Crippen LogP contribution in [0.15, 0.2) is 30.6 Å². The van der Waals surface area contributed by atoms with Crippen molar-refractivity contribution in [1.82, 2.24) is 30.5 Å². The summed E-state index contributed by atoms with van der Waals surface area (Å²) in [6, 6.07) is 5.28. The van der Waals surface area contributed by atoms with Gasteiger partial charge in [-0.25, -0.2) is 9.97 Å². The standard InChI is InChI=1S/C20H26N6O2/c1-14-10-15(2)25-18(24-14)5-7-22-19(27)11-17-20(28)23-8-9-26(17)13-16-4-3-6-21-12-16/h3-4,6,10,12,17H,5,7-9,11,13H2,1-2H3,(H,22,27)(H,23,28). The molecular weight excluding hydrogens is 356 g/mol. The zero-order chi connectivity index (χ0) is 19.9. The van der Waals surface area contributed by atoms with Crippen molar-refractivity contribution in [1.29, 1.82) is 0 Å². The molecule has 1 fully saturated rings. The maximum atomic E-state index is 12.4. The van der Waals surface area contributed by atoms with Crippen LogP contribution >= 0.6 is 0 Å². The fraction of sp³-hybridized carbons (Fsp3) is 0.450. The minimum absolute atomic E-state index is 0.108. The second kappa shape index (κ2) is 9.36. The van der Waals surface area contributed by atoms with E-state index in [4.69, 9.17) is 0 Å². The molecule has 1 saturated heterocycles. The Hall–Kier alpha value is -2.87. The summed E-state index contributed by atoms with van der Waals surface area (Å²) >= 11 is 0. The molecular formula is C20H26N6O2. The van der Waals surface area contributed by atoms with Crippen molar-refractivity contribution in [2.45, 2.75) is 39.3 Å². The Morgan fingerprint density at radius 1 is 1.32 bits per heavy atom. The number of carbonyl (C=O) groups excluding carboxylic acids is 2. The number of nitrogens with zero attached hydrogens (tertiary/aromatic N) is 4. The van der Waals surface area contributed by atoms with Gasteiger partial charge in [0.2, 0.25) is 11.8 Å². The molecule has 2 amide bonds. The van der Waals surface area contributed by atoms with E-state index in [1.165, 1.54) is 0 Å². The number of hydrogen-bond acceptors (Lipinski definition) is 6. The van der Waals surface area contributed by atoms with Crippen molar-refractivity contribution in [2.75, 3.05) is 19.6 Å². The molecule has 1 aliphatic heterocycles. The predicted molar refractivity (Wildman–Crippen MR) is 104 cm³/mol. The van der Waals surface area contributed by atoms with Crippen molar-refractivity contribution in [3.63, 3.8) is 0 Å². The van der Waals surface area contributed by atoms with E-state index < -0.39 is 6.04 Å². The van der Waals surface area contributed by atoms with Crippen molar-refractivity contribution in [3.05, 3.63) is 53.4 Å². The maximum absolute atomic E-state index is 12.4. The largest absolute Gasteiger partial charge is 0.356 e. The number of aryl methyl sites for hydroxylation is 2. The van der Waals surface area contributed by atoms with Crippen LogP contribution in [-0.4, -0.2) is 57.3 Å². The molecule has 1 unspecified atom stereocenters. The number of carbonyl (C=O) groups is 2. The van der Waals surface area contributed by atoms with E-state index >= 15 is 0 Å². The number of pyridine rings is 1. The van der Waals surface area contributed by atoms with Gasteiger partial charge in [0.25, 0.3) is 0 Å². The molecule has 0 bridgehead atoms. The van der Waals surface area contributed by atoms with Crippen LogP contribution < -0.4 is 10.6 Å². The van der Waals surface area contributed by atoms with Crippen LogP contribution in [0.25, 0.3) is 0 Å². The average molecular weight is 382 g/mol. The molecule has 3 rings (SSSR count). The number of nitrogens with one attached hydrogen (secondary N) is 2. The highest BCUT2D eigenvalue weighted by atomic mass is 16.2. The summed E-state index contributed by atoms with van der Waals surface area (Å²) in [5, 5.41) is 5.74. The Kier molecular flexibility index (Phi) is 6.65. The smallest absolute Gasteiger partial charge is 0.237 e. The van der Waals surface area contributed by atoms with E-state index in [1.807, 2.05) is 36.9 Å². The van der Waals surface area contributed by atoms with Crippen molar-refractivity contribution >= 4 is 11.8 Å². The first-order chi connectivity index (χ1) is 13.5. The van der Waals surface area contributed by atoms with E-state index in [0.29, 0.717) is 38.4 Å². The summed E-state index contributed by atoms with van der Waals surface area (Å²) in [6.07, 6.45) is 4.19. The van der Waals surface area contributed by atoms with Gasteiger partial charge in [0.05, 0.1) is 12.5 Å². The van der Waals surface area contributed by atoms with Gasteiger partial charge in [0.1, 0.15) is 5.82 Å². The molecule has 1 aliphatic rings. The van der Waals surface area contributed by atoms with Gasteiger partial charge in [0.15, 0.2) is 0 Å². The molecule has 0 radical (unpaired) electrons. The summed E-state index contributed by atoms with van der Waals surface area (Å²) in [7, 11) is 0. The molecule has 148 valence electrons. The highest BCUT2D eigenvalue weighted by Crippen LogP contribution is 2.13. The topological polar surface area (TPSA) is 100 Å². The fourth-order valence-electron chi connectivity index (χ4n) is 3.37. The van der Waals surface area contributed by atoms with E-state index in [2.05, 4.69) is 25.6 Å². The molecule has 0 aliphatic carbocycles. The van der Waals surface area contributed by atoms with E-state index in [0.717, 1.165) is 17.0 Å². The Morgan fingerprint density at radius 2 is 2.11 bits per heavy atom. The van der Waals surface area contributed by atoms with Crippen LogP contribution in [0.2, 0.25) is 0 Å². The van der Waals surface area contributed by atoms with Crippen molar-refractivity contribution in [3.8, 4) is 0 Å². The highest BCUT2D eigenvalue weighted by molar-refractivity contribution is 5.88. The maximum Gasteiger partial charge on any atom is 0.237 e. The van der Waals surface area contributed by atoms with Gasteiger partial charge in [0, 0.05) is 56.4 Å². The van der Waals surface area contributed by atoms with Crippen molar-refractivity contribution < 1.29 is 9.59 Å². The molecule has 0 aromatic carbocycles. The number of hydrogen-bond donors (Lipinski definition) is 2. The quantitative estimate of drug-likeness (QED) is 0.725. The lowest BCUT2D eigenvalue weighted by Crippen LogP contribution is -2.56. The molecule has 0 spiro atoms. The molecule has 2 aromatic heterocycles. The van der Waals surface area contributed by atoms with Crippen LogP contribution in [0.4, 0.5) is 0 Å². The van der Waals surface area contributed by atoms with E-state index in [9.17, 15) is 9.59 Å². The third-order valence-corrected chi connectivity index (χ3v) is 4.63. The second-order valence-corrected chi connectivity index (χ2v) is 7.01. The Balaban J connectivity index is 1.53. The third kappa shape index (κ3) is 5.56. The van der Waals surface area contributed by atoms with Gasteiger partial charge >= 0.3 is 0 Å². The van der Waals surface area contributed by atoms with Crippen LogP contribution in [-0.2, 0) is 22.6 Å². The van der Waals surface area contributed by atoms with Gasteiger partial charge in [-0.1, -0.05) is 6.07 Å². The van der Waals surface area contributed by atoms with Gasteiger partial charge < -0.3 is 10.6 Å². The minimum Gasteiger partial charge on any atom is -0.356 e. The van der Waals surface area contributed by atoms with E-state index in [-0.39, 0.29) is 18.2 Å². The molecule has 2 aromatic rings. The number of amides is 2. The van der Waals surface area contributed by atoms with Crippen molar-refractivity contribution in [2.24, 2.45) is 0 Å². The lowest BCUT2D eigenvalue weighted by molar-refractivity contribution is -0.134. The number of piperazine rings is 1. The molecule has 28 heavy (non-hydrogen) atoms. The summed E-state index contributed by atoms with van der Waals surface area (Å²) in [5.41, 5.74) is 2.85. The first-order valence-electron chi connectivity index (χ1n) is 9.50. The van der Waals surface area contributed by atoms with Crippen LogP contribution in [0.3, 0.4) is 0 Å². The Morgan fingerprint density at radius 3 is 2.82 bits per heavy atom. The second-order valence-electron chi connectivity index (χ2n) is 7.01. The van der Waals surface area contributed by atoms with Crippen LogP contribution in [0.5, 0.6) is 0 Å². The molecule has 8 nitrogen and oxygen atoms in total. The first kappa shape index (κ1) is 19.9. The Labute approximate surface area is 164 Å². The molecule has 2 N–H and O–H groups in total. The third-order valence-electron chi connectivity index (χ3n) is 4.63. The summed E-state index contributed by atoms with van der Waals surface area (Å²) in [4.78, 5) is 39.6. The first-order valence-corrected chi connectivity index (χ1v) is 9.50. The van der Waals surface area contributed by atoms with Gasteiger partial charge in [-0.2, -0.15) is 0 Å². The van der Waals surface area contributed by atoms with Crippen LogP contribution in [0.1, 0.15) is 29.2 Å². The average Bonchev–Trinajstić information content (AvgIpc) is 2.65. The predicted octanol–water partition coefficient (Wildman–Crippen LogP) is 0.538. The molecule has 8 heteroatoms. The molecule has 0 saturated carbocycles. The fourth-order valence-corrected chi connectivity index (χ4v) is 3.37. The summed E-state index contributed by atoms with van der Waals surface area (Å²) in [5.74, 6) is 0.456. The summed E-state index contributed by atoms with van der Waals surface area (Å²) < 4.78 is 0. The zero-order valence-corrected chi connectivity index (χ0v) is 16.3.